The van der Waals surface area contributed by atoms with Gasteiger partial charge in [-0.1, -0.05) is 29.3 Å². The molecule has 2 heterocycles. The molecule has 0 amide bonds. The van der Waals surface area contributed by atoms with Crippen LogP contribution in [-0.2, 0) is 35.3 Å². The maximum absolute atomic E-state index is 12.7. The predicted molar refractivity (Wildman–Crippen MR) is 127 cm³/mol. The Morgan fingerprint density at radius 2 is 1.92 bits per heavy atom. The molecule has 4 rings (SSSR count). The van der Waals surface area contributed by atoms with E-state index in [1.807, 2.05) is 6.07 Å². The van der Waals surface area contributed by atoms with Gasteiger partial charge in [0.15, 0.2) is 5.69 Å². The average molecular weight is 541 g/mol. The molecule has 0 fully saturated rings. The van der Waals surface area contributed by atoms with Crippen molar-refractivity contribution in [2.45, 2.75) is 38.4 Å². The first-order valence-corrected chi connectivity index (χ1v) is 11.9. The first-order chi connectivity index (χ1) is 17.1. The molecule has 1 aromatic carbocycles. The Morgan fingerprint density at radius 3 is 2.67 bits per heavy atom. The maximum Gasteiger partial charge on any atom is 0.491 e. The molecule has 2 aromatic heterocycles. The number of pyridine rings is 1. The molecule has 0 atom stereocenters. The Morgan fingerprint density at radius 1 is 1.11 bits per heavy atom. The van der Waals surface area contributed by atoms with Gasteiger partial charge in [-0.2, -0.15) is 18.3 Å². The van der Waals surface area contributed by atoms with E-state index in [1.165, 1.54) is 4.68 Å². The van der Waals surface area contributed by atoms with Crippen LogP contribution in [0.5, 0.6) is 0 Å². The second-order valence-corrected chi connectivity index (χ2v) is 9.02. The predicted octanol–water partition coefficient (Wildman–Crippen LogP) is 4.82. The van der Waals surface area contributed by atoms with Gasteiger partial charge in [0.05, 0.1) is 15.7 Å². The van der Waals surface area contributed by atoms with Crippen LogP contribution in [0, 0.1) is 0 Å². The number of halogens is 5. The van der Waals surface area contributed by atoms with Crippen LogP contribution in [0.2, 0.25) is 10.0 Å². The van der Waals surface area contributed by atoms with Crippen LogP contribution in [0.1, 0.15) is 33.6 Å². The van der Waals surface area contributed by atoms with E-state index in [4.69, 9.17) is 23.2 Å². The van der Waals surface area contributed by atoms with Gasteiger partial charge in [0.2, 0.25) is 0 Å². The number of alkyl halides is 3. The van der Waals surface area contributed by atoms with E-state index in [0.717, 1.165) is 23.1 Å². The van der Waals surface area contributed by atoms with Crippen molar-refractivity contribution in [1.29, 1.82) is 0 Å². The molecule has 190 valence electrons. The fourth-order valence-corrected chi connectivity index (χ4v) is 4.38. The number of benzene rings is 1. The van der Waals surface area contributed by atoms with E-state index in [0.29, 0.717) is 53.7 Å². The minimum Gasteiger partial charge on any atom is -0.381 e. The van der Waals surface area contributed by atoms with Crippen LogP contribution in [0.25, 0.3) is 11.3 Å². The number of carbonyl (C=O) groups excluding carboxylic acids is 2. The zero-order chi connectivity index (χ0) is 25.9. The number of esters is 2. The third-order valence-electron chi connectivity index (χ3n) is 5.76. The second-order valence-electron chi connectivity index (χ2n) is 8.21. The van der Waals surface area contributed by atoms with Gasteiger partial charge in [-0.25, -0.2) is 9.59 Å². The largest absolute Gasteiger partial charge is 0.491 e. The summed E-state index contributed by atoms with van der Waals surface area (Å²) in [6, 6.07) is 7.16. The highest BCUT2D eigenvalue weighted by atomic mass is 35.5. The second kappa shape index (κ2) is 11.0. The monoisotopic (exact) mass is 540 g/mol. The Bertz CT molecular complexity index is 1290. The summed E-state index contributed by atoms with van der Waals surface area (Å²) in [5.74, 6) is -3.92. The summed E-state index contributed by atoms with van der Waals surface area (Å²) >= 11 is 12.0. The van der Waals surface area contributed by atoms with Crippen molar-refractivity contribution in [2.75, 3.05) is 13.1 Å². The highest BCUT2D eigenvalue weighted by Crippen LogP contribution is 2.34. The van der Waals surface area contributed by atoms with Crippen molar-refractivity contribution in [2.24, 2.45) is 0 Å². The first kappa shape index (κ1) is 26.1. The summed E-state index contributed by atoms with van der Waals surface area (Å²) in [5, 5.41) is 8.75. The summed E-state index contributed by atoms with van der Waals surface area (Å²) in [4.78, 5) is 28.1. The zero-order valence-electron chi connectivity index (χ0n) is 18.9. The molecule has 0 bridgehead atoms. The van der Waals surface area contributed by atoms with Gasteiger partial charge in [0.25, 0.3) is 0 Å². The number of aryl methyl sites for hydroxylation is 2. The molecule has 0 saturated carbocycles. The lowest BCUT2D eigenvalue weighted by molar-refractivity contribution is -0.193. The Hall–Kier alpha value is -2.95. The van der Waals surface area contributed by atoms with Crippen molar-refractivity contribution in [1.82, 2.24) is 20.1 Å². The molecule has 1 aliphatic carbocycles. The van der Waals surface area contributed by atoms with Crippen LogP contribution in [0.15, 0.2) is 36.7 Å². The van der Waals surface area contributed by atoms with E-state index in [1.54, 1.807) is 30.6 Å². The van der Waals surface area contributed by atoms with E-state index in [-0.39, 0.29) is 12.2 Å². The highest BCUT2D eigenvalue weighted by molar-refractivity contribution is 6.42. The van der Waals surface area contributed by atoms with Gasteiger partial charge in [-0.15, -0.1) is 0 Å². The van der Waals surface area contributed by atoms with Gasteiger partial charge in [-0.3, -0.25) is 9.67 Å². The van der Waals surface area contributed by atoms with Gasteiger partial charge >= 0.3 is 18.1 Å². The summed E-state index contributed by atoms with van der Waals surface area (Å²) in [7, 11) is 0. The Balaban J connectivity index is 1.45. The number of hydrogen-bond donors (Lipinski definition) is 1. The van der Waals surface area contributed by atoms with Crippen LogP contribution < -0.4 is 5.32 Å². The van der Waals surface area contributed by atoms with Crippen molar-refractivity contribution in [3.8, 4) is 11.3 Å². The average Bonchev–Trinajstić information content (AvgIpc) is 3.21. The number of hydrogen-bond acceptors (Lipinski definition) is 6. The number of rotatable bonds is 8. The van der Waals surface area contributed by atoms with Gasteiger partial charge in [-0.05, 0) is 68.1 Å². The zero-order valence-corrected chi connectivity index (χ0v) is 20.4. The number of nitrogens with one attached hydrogen (secondary N) is 1. The lowest BCUT2D eigenvalue weighted by Gasteiger charge is -2.15. The molecule has 12 heteroatoms. The smallest absolute Gasteiger partial charge is 0.381 e. The number of fused-ring (bicyclic) bond motifs is 3. The maximum atomic E-state index is 12.7. The number of carbonyl (C=O) groups is 2. The van der Waals surface area contributed by atoms with E-state index >= 15 is 0 Å². The fraction of sp³-hybridized carbons (Fsp3) is 0.333. The van der Waals surface area contributed by atoms with Crippen molar-refractivity contribution in [3.63, 3.8) is 0 Å². The number of ether oxygens (including phenoxy) is 1. The van der Waals surface area contributed by atoms with Crippen molar-refractivity contribution in [3.05, 3.63) is 69.1 Å². The minimum absolute atomic E-state index is 0.138. The quantitative estimate of drug-likeness (QED) is 0.250. The van der Waals surface area contributed by atoms with Crippen molar-refractivity contribution >= 4 is 35.1 Å². The molecular weight excluding hydrogens is 520 g/mol. The molecule has 1 aliphatic rings. The lowest BCUT2D eigenvalue weighted by Crippen LogP contribution is -2.29. The topological polar surface area (TPSA) is 86.1 Å². The molecule has 0 unspecified atom stereocenters. The first-order valence-electron chi connectivity index (χ1n) is 11.2. The molecule has 0 saturated heterocycles. The molecular formula is C24H21Cl2F3N4O3. The molecule has 0 aliphatic heterocycles. The van der Waals surface area contributed by atoms with Crippen LogP contribution >= 0.6 is 23.2 Å². The minimum atomic E-state index is -5.28. The molecule has 0 radical (unpaired) electrons. The van der Waals surface area contributed by atoms with E-state index < -0.39 is 18.1 Å². The summed E-state index contributed by atoms with van der Waals surface area (Å²) in [6.45, 7) is 1.45. The van der Waals surface area contributed by atoms with E-state index in [2.05, 4.69) is 20.1 Å². The third-order valence-corrected chi connectivity index (χ3v) is 6.50. The molecule has 3 aromatic rings. The molecule has 1 N–H and O–H groups in total. The Kier molecular flexibility index (Phi) is 7.97. The standard InChI is InChI=1S/C24H21Cl2F3N4O3/c25-18-5-2-14(12-19(18)26)6-9-30-8-1-11-33-21(22(34)36-23(35)24(27,28)29)17-4-3-15-13-31-10-7-16(15)20(17)32-33/h2,5,7,10,12-13,30H,1,3-4,6,8-9,11H2. The SMILES string of the molecule is O=C(OC(=O)C(F)(F)F)c1c2c(nn1CCCNCCc1ccc(Cl)c(Cl)c1)-c1ccncc1CC2. The van der Waals surface area contributed by atoms with E-state index in [9.17, 15) is 22.8 Å². The molecule has 36 heavy (non-hydrogen) atoms. The summed E-state index contributed by atoms with van der Waals surface area (Å²) < 4.78 is 43.6. The highest BCUT2D eigenvalue weighted by Gasteiger charge is 2.43. The van der Waals surface area contributed by atoms with Gasteiger partial charge in [0.1, 0.15) is 0 Å². The number of aromatic nitrogens is 3. The molecule has 0 spiro atoms. The third kappa shape index (κ3) is 5.88. The lowest BCUT2D eigenvalue weighted by atomic mass is 9.90. The molecule has 7 nitrogen and oxygen atoms in total. The van der Waals surface area contributed by atoms with Gasteiger partial charge in [0, 0.05) is 30.1 Å². The normalized spacial score (nSPS) is 12.7. The Labute approximate surface area is 214 Å². The van der Waals surface area contributed by atoms with Crippen LogP contribution in [0.3, 0.4) is 0 Å². The van der Waals surface area contributed by atoms with Crippen LogP contribution in [-0.4, -0.2) is 46.0 Å². The fourth-order valence-electron chi connectivity index (χ4n) is 4.06. The van der Waals surface area contributed by atoms with Crippen LogP contribution in [0.4, 0.5) is 13.2 Å². The summed E-state index contributed by atoms with van der Waals surface area (Å²) in [6.07, 6.45) is 0.132. The van der Waals surface area contributed by atoms with Crippen molar-refractivity contribution < 1.29 is 27.5 Å². The number of nitrogens with zero attached hydrogens (tertiary/aromatic N) is 3. The van der Waals surface area contributed by atoms with Gasteiger partial charge < -0.3 is 10.1 Å². The summed E-state index contributed by atoms with van der Waals surface area (Å²) in [5.41, 5.74) is 3.50.